The minimum Gasteiger partial charge on any atom is -0.482 e. The van der Waals surface area contributed by atoms with Crippen LogP contribution in [-0.4, -0.2) is 28.3 Å². The van der Waals surface area contributed by atoms with Gasteiger partial charge in [0.1, 0.15) is 5.75 Å². The largest absolute Gasteiger partial charge is 0.482 e. The van der Waals surface area contributed by atoms with Crippen molar-refractivity contribution in [3.05, 3.63) is 97.6 Å². The van der Waals surface area contributed by atoms with Crippen molar-refractivity contribution >= 4 is 40.5 Å². The van der Waals surface area contributed by atoms with Crippen LogP contribution in [0.5, 0.6) is 5.75 Å². The van der Waals surface area contributed by atoms with Gasteiger partial charge in [-0.3, -0.25) is 14.9 Å². The van der Waals surface area contributed by atoms with Gasteiger partial charge in [-0.15, -0.1) is 11.3 Å². The standard InChI is InChI=1S/C26H21N5O4S/c1-16-3-4-17(2)21(11-16)29-26-30(27-13-18-5-8-20(9-6-18)31(33)34)23(15-36-26)19-7-10-24-22(12-19)28-25(32)14-35-24/h3-13,15H,14H2,1-2H3,(H,28,32). The molecule has 0 unspecified atom stereocenters. The fourth-order valence-corrected chi connectivity index (χ4v) is 4.53. The number of ether oxygens (including phenoxy) is 1. The van der Waals surface area contributed by atoms with Crippen molar-refractivity contribution in [2.24, 2.45) is 10.1 Å². The molecule has 9 nitrogen and oxygen atoms in total. The molecule has 0 bridgehead atoms. The van der Waals surface area contributed by atoms with Crippen LogP contribution >= 0.6 is 11.3 Å². The molecule has 4 aromatic rings. The Bertz CT molecular complexity index is 1580. The highest BCUT2D eigenvalue weighted by atomic mass is 32.1. The Hall–Kier alpha value is -4.57. The van der Waals surface area contributed by atoms with Crippen molar-refractivity contribution < 1.29 is 14.5 Å². The van der Waals surface area contributed by atoms with Gasteiger partial charge >= 0.3 is 0 Å². The van der Waals surface area contributed by atoms with E-state index in [4.69, 9.17) is 9.73 Å². The number of rotatable bonds is 5. The van der Waals surface area contributed by atoms with Crippen LogP contribution < -0.4 is 14.9 Å². The number of fused-ring (bicyclic) bond motifs is 1. The SMILES string of the molecule is Cc1ccc(C)c(N=c2scc(-c3ccc4c(c3)NC(=O)CO4)n2N=Cc2ccc([N+](=O)[O-])cc2)c1. The van der Waals surface area contributed by atoms with Crippen LogP contribution in [0.25, 0.3) is 11.3 Å². The number of carbonyl (C=O) groups excluding carboxylic acids is 1. The summed E-state index contributed by atoms with van der Waals surface area (Å²) in [7, 11) is 0. The third kappa shape index (κ3) is 4.80. The van der Waals surface area contributed by atoms with E-state index in [-0.39, 0.29) is 18.2 Å². The molecule has 0 aliphatic carbocycles. The third-order valence-corrected chi connectivity index (χ3v) is 6.42. The summed E-state index contributed by atoms with van der Waals surface area (Å²) in [5, 5.41) is 20.4. The third-order valence-electron chi connectivity index (χ3n) is 5.60. The van der Waals surface area contributed by atoms with E-state index in [0.29, 0.717) is 21.8 Å². The molecule has 0 saturated carbocycles. The zero-order valence-corrected chi connectivity index (χ0v) is 20.3. The van der Waals surface area contributed by atoms with E-state index in [1.54, 1.807) is 23.0 Å². The molecular weight excluding hydrogens is 478 g/mol. The molecule has 10 heteroatoms. The number of nitrogens with one attached hydrogen (secondary N) is 1. The molecule has 3 aromatic carbocycles. The van der Waals surface area contributed by atoms with Crippen LogP contribution in [0.2, 0.25) is 0 Å². The number of nitro groups is 1. The molecule has 180 valence electrons. The fourth-order valence-electron chi connectivity index (χ4n) is 3.68. The second kappa shape index (κ2) is 9.59. The van der Waals surface area contributed by atoms with Crippen molar-refractivity contribution in [1.29, 1.82) is 0 Å². The summed E-state index contributed by atoms with van der Waals surface area (Å²) in [5.74, 6) is 0.398. The molecule has 36 heavy (non-hydrogen) atoms. The number of non-ortho nitro benzene ring substituents is 1. The molecule has 1 aromatic heterocycles. The minimum atomic E-state index is -0.438. The van der Waals surface area contributed by atoms with Crippen molar-refractivity contribution in [2.75, 3.05) is 11.9 Å². The van der Waals surface area contributed by atoms with Gasteiger partial charge in [-0.05, 0) is 66.9 Å². The number of hydrogen-bond acceptors (Lipinski definition) is 7. The number of benzene rings is 3. The molecule has 1 amide bonds. The summed E-state index contributed by atoms with van der Waals surface area (Å²) < 4.78 is 7.21. The van der Waals surface area contributed by atoms with E-state index in [2.05, 4.69) is 10.4 Å². The molecular formula is C26H21N5O4S. The summed E-state index contributed by atoms with van der Waals surface area (Å²) in [6, 6.07) is 17.8. The highest BCUT2D eigenvalue weighted by molar-refractivity contribution is 7.07. The topological polar surface area (TPSA) is 111 Å². The summed E-state index contributed by atoms with van der Waals surface area (Å²) in [5.41, 5.74) is 5.87. The van der Waals surface area contributed by atoms with Crippen LogP contribution in [-0.2, 0) is 4.79 Å². The Kier molecular flexibility index (Phi) is 6.17. The lowest BCUT2D eigenvalue weighted by Crippen LogP contribution is -2.25. The summed E-state index contributed by atoms with van der Waals surface area (Å²) in [4.78, 5) is 27.9. The highest BCUT2D eigenvalue weighted by Crippen LogP contribution is 2.33. The number of carbonyl (C=O) groups is 1. The maximum absolute atomic E-state index is 11.8. The molecule has 1 aliphatic heterocycles. The zero-order chi connectivity index (χ0) is 25.2. The average Bonchev–Trinajstić information content (AvgIpc) is 3.27. The first-order valence-corrected chi connectivity index (χ1v) is 11.9. The molecule has 1 aliphatic rings. The smallest absolute Gasteiger partial charge is 0.269 e. The Balaban J connectivity index is 1.62. The van der Waals surface area contributed by atoms with Gasteiger partial charge < -0.3 is 10.1 Å². The Morgan fingerprint density at radius 1 is 1.11 bits per heavy atom. The maximum Gasteiger partial charge on any atom is 0.269 e. The van der Waals surface area contributed by atoms with Crippen LogP contribution in [0, 0.1) is 24.0 Å². The maximum atomic E-state index is 11.8. The molecule has 0 saturated heterocycles. The van der Waals surface area contributed by atoms with E-state index in [0.717, 1.165) is 28.1 Å². The molecule has 0 fully saturated rings. The van der Waals surface area contributed by atoms with Gasteiger partial charge in [-0.1, -0.05) is 12.1 Å². The van der Waals surface area contributed by atoms with E-state index < -0.39 is 4.92 Å². The minimum absolute atomic E-state index is 0.0107. The molecule has 0 radical (unpaired) electrons. The highest BCUT2D eigenvalue weighted by Gasteiger charge is 2.18. The Labute approximate surface area is 210 Å². The average molecular weight is 500 g/mol. The van der Waals surface area contributed by atoms with Crippen molar-refractivity contribution in [2.45, 2.75) is 13.8 Å². The van der Waals surface area contributed by atoms with Crippen molar-refractivity contribution in [1.82, 2.24) is 4.68 Å². The second-order valence-corrected chi connectivity index (χ2v) is 9.09. The molecule has 0 atom stereocenters. The lowest BCUT2D eigenvalue weighted by molar-refractivity contribution is -0.384. The molecule has 0 spiro atoms. The summed E-state index contributed by atoms with van der Waals surface area (Å²) >= 11 is 1.43. The quantitative estimate of drug-likeness (QED) is 0.231. The van der Waals surface area contributed by atoms with Gasteiger partial charge in [0.05, 0.1) is 28.2 Å². The monoisotopic (exact) mass is 499 g/mol. The van der Waals surface area contributed by atoms with E-state index in [1.807, 2.05) is 55.6 Å². The summed E-state index contributed by atoms with van der Waals surface area (Å²) in [6.45, 7) is 4.01. The Morgan fingerprint density at radius 3 is 2.69 bits per heavy atom. The Morgan fingerprint density at radius 2 is 1.92 bits per heavy atom. The van der Waals surface area contributed by atoms with Crippen LogP contribution in [0.1, 0.15) is 16.7 Å². The molecule has 2 heterocycles. The van der Waals surface area contributed by atoms with Gasteiger partial charge in [0.25, 0.3) is 11.6 Å². The second-order valence-electron chi connectivity index (χ2n) is 8.26. The lowest BCUT2D eigenvalue weighted by atomic mass is 10.1. The number of amides is 1. The zero-order valence-electron chi connectivity index (χ0n) is 19.5. The van der Waals surface area contributed by atoms with Gasteiger partial charge in [0.2, 0.25) is 4.80 Å². The molecule has 1 N–H and O–H groups in total. The van der Waals surface area contributed by atoms with E-state index >= 15 is 0 Å². The van der Waals surface area contributed by atoms with Gasteiger partial charge in [-0.2, -0.15) is 5.10 Å². The lowest BCUT2D eigenvalue weighted by Gasteiger charge is -2.18. The fraction of sp³-hybridized carbons (Fsp3) is 0.115. The van der Waals surface area contributed by atoms with Gasteiger partial charge in [0, 0.05) is 23.1 Å². The van der Waals surface area contributed by atoms with Gasteiger partial charge in [-0.25, -0.2) is 9.67 Å². The van der Waals surface area contributed by atoms with Crippen LogP contribution in [0.15, 0.2) is 76.1 Å². The number of aryl methyl sites for hydroxylation is 2. The van der Waals surface area contributed by atoms with Crippen LogP contribution in [0.3, 0.4) is 0 Å². The van der Waals surface area contributed by atoms with Crippen LogP contribution in [0.4, 0.5) is 17.1 Å². The number of nitro benzene ring substituents is 1. The number of aromatic nitrogens is 1. The van der Waals surface area contributed by atoms with E-state index in [9.17, 15) is 14.9 Å². The predicted molar refractivity (Wildman–Crippen MR) is 139 cm³/mol. The number of anilines is 1. The number of nitrogens with zero attached hydrogens (tertiary/aromatic N) is 4. The first-order valence-electron chi connectivity index (χ1n) is 11.1. The number of hydrogen-bond donors (Lipinski definition) is 1. The predicted octanol–water partition coefficient (Wildman–Crippen LogP) is 5.19. The van der Waals surface area contributed by atoms with Crippen molar-refractivity contribution in [3.8, 4) is 17.0 Å². The summed E-state index contributed by atoms with van der Waals surface area (Å²) in [6.07, 6.45) is 1.63. The normalized spacial score (nSPS) is 13.4. The number of thiazole rings is 1. The first-order chi connectivity index (χ1) is 17.4. The van der Waals surface area contributed by atoms with E-state index in [1.165, 1.54) is 23.5 Å². The first kappa shape index (κ1) is 23.2. The molecule has 5 rings (SSSR count). The van der Waals surface area contributed by atoms with Gasteiger partial charge in [0.15, 0.2) is 6.61 Å². The van der Waals surface area contributed by atoms with Crippen molar-refractivity contribution in [3.63, 3.8) is 0 Å².